The molecule has 2 aliphatic rings. The lowest BCUT2D eigenvalue weighted by molar-refractivity contribution is -0.113. The van der Waals surface area contributed by atoms with Crippen LogP contribution in [0.3, 0.4) is 0 Å². The first-order chi connectivity index (χ1) is 21.0. The number of benzene rings is 3. The van der Waals surface area contributed by atoms with E-state index in [-0.39, 0.29) is 22.6 Å². The number of ether oxygens (including phenoxy) is 1. The summed E-state index contributed by atoms with van der Waals surface area (Å²) in [6.45, 7) is 0. The van der Waals surface area contributed by atoms with Crippen molar-refractivity contribution in [3.05, 3.63) is 99.3 Å². The number of nitrogens with zero attached hydrogens (tertiary/aromatic N) is 4. The number of carbonyl (C=O) groups excluding carboxylic acids is 1. The lowest BCUT2D eigenvalue weighted by Gasteiger charge is -2.42. The second-order valence-electron chi connectivity index (χ2n) is 11.2. The first kappa shape index (κ1) is 27.7. The molecule has 0 radical (unpaired) electrons. The van der Waals surface area contributed by atoms with Crippen LogP contribution in [0.4, 0.5) is 5.69 Å². The van der Waals surface area contributed by atoms with E-state index in [1.165, 1.54) is 23.7 Å². The lowest BCUT2D eigenvalue weighted by Crippen LogP contribution is -2.43. The summed E-state index contributed by atoms with van der Waals surface area (Å²) in [6, 6.07) is 22.9. The van der Waals surface area contributed by atoms with E-state index in [1.807, 2.05) is 46.9 Å². The molecular formula is C33H30ClN5O3S. The second kappa shape index (κ2) is 11.2. The number of rotatable bonds is 6. The van der Waals surface area contributed by atoms with Crippen LogP contribution < -0.4 is 15.6 Å². The van der Waals surface area contributed by atoms with Crippen molar-refractivity contribution in [1.82, 2.24) is 19.2 Å². The number of nitrogens with one attached hydrogen (secondary N) is 1. The van der Waals surface area contributed by atoms with Crippen LogP contribution in [0.15, 0.2) is 82.7 Å². The molecule has 0 saturated heterocycles. The van der Waals surface area contributed by atoms with Gasteiger partial charge in [0.25, 0.3) is 5.56 Å². The Bertz CT molecular complexity index is 1930. The summed E-state index contributed by atoms with van der Waals surface area (Å²) in [5, 5.41) is 13.0. The van der Waals surface area contributed by atoms with Crippen molar-refractivity contribution < 1.29 is 9.53 Å². The fourth-order valence-electron chi connectivity index (χ4n) is 6.72. The molecule has 8 nitrogen and oxygen atoms in total. The zero-order chi connectivity index (χ0) is 29.6. The van der Waals surface area contributed by atoms with Gasteiger partial charge >= 0.3 is 0 Å². The Kier molecular flexibility index (Phi) is 7.23. The summed E-state index contributed by atoms with van der Waals surface area (Å²) in [7, 11) is 1.61. The maximum absolute atomic E-state index is 14.8. The van der Waals surface area contributed by atoms with Gasteiger partial charge in [-0.3, -0.25) is 14.0 Å². The summed E-state index contributed by atoms with van der Waals surface area (Å²) in [5.41, 5.74) is 4.72. The maximum atomic E-state index is 14.8. The summed E-state index contributed by atoms with van der Waals surface area (Å²) < 4.78 is 9.15. The standard InChI is InChI=1S/C33H30ClN5O3S/c1-42-23-12-9-11-22(18-23)38-30(41)28-29(24-13-4-3-10-21(24)19-33(28)16-7-2-8-17-33)39-31(38)36-37-32(39)43-20-27(40)35-26-15-6-5-14-25(26)34/h3-6,9-15,18H,2,7-8,16-17,19-20H2,1H3,(H,35,40). The van der Waals surface area contributed by atoms with Crippen molar-refractivity contribution in [1.29, 1.82) is 0 Å². The first-order valence-electron chi connectivity index (χ1n) is 14.4. The monoisotopic (exact) mass is 611 g/mol. The van der Waals surface area contributed by atoms with E-state index < -0.39 is 0 Å². The SMILES string of the molecule is COc1cccc(-n2c(=O)c3c(n4c(SCC(=O)Nc5ccccc5Cl)nnc24)-c2ccccc2CC32CCCCC2)c1. The molecule has 5 aromatic rings. The zero-order valence-electron chi connectivity index (χ0n) is 23.7. The largest absolute Gasteiger partial charge is 0.497 e. The number of amides is 1. The molecule has 2 heterocycles. The topological polar surface area (TPSA) is 90.5 Å². The summed E-state index contributed by atoms with van der Waals surface area (Å²) >= 11 is 7.55. The predicted molar refractivity (Wildman–Crippen MR) is 170 cm³/mol. The molecule has 10 heteroatoms. The van der Waals surface area contributed by atoms with E-state index >= 15 is 0 Å². The molecule has 1 fully saturated rings. The molecule has 0 unspecified atom stereocenters. The van der Waals surface area contributed by atoms with E-state index in [0.717, 1.165) is 48.9 Å². The third kappa shape index (κ3) is 4.80. The number of aromatic nitrogens is 4. The van der Waals surface area contributed by atoms with Gasteiger partial charge in [-0.2, -0.15) is 0 Å². The fourth-order valence-corrected chi connectivity index (χ4v) is 7.64. The van der Waals surface area contributed by atoms with Crippen LogP contribution in [0.2, 0.25) is 5.02 Å². The minimum absolute atomic E-state index is 0.0763. The van der Waals surface area contributed by atoms with Gasteiger partial charge in [0, 0.05) is 22.6 Å². The number of anilines is 1. The number of hydrogen-bond donors (Lipinski definition) is 1. The molecule has 2 aromatic heterocycles. The molecule has 218 valence electrons. The van der Waals surface area contributed by atoms with Crippen LogP contribution in [0, 0.1) is 0 Å². The van der Waals surface area contributed by atoms with E-state index in [9.17, 15) is 9.59 Å². The molecule has 1 N–H and O–H groups in total. The van der Waals surface area contributed by atoms with Crippen molar-refractivity contribution in [3.63, 3.8) is 0 Å². The molecule has 0 atom stereocenters. The number of methoxy groups -OCH3 is 1. The average molecular weight is 612 g/mol. The fraction of sp³-hybridized carbons (Fsp3) is 0.273. The summed E-state index contributed by atoms with van der Waals surface area (Å²) in [5.74, 6) is 0.914. The molecule has 0 bridgehead atoms. The molecule has 43 heavy (non-hydrogen) atoms. The highest BCUT2D eigenvalue weighted by atomic mass is 35.5. The Balaban J connectivity index is 1.43. The van der Waals surface area contributed by atoms with E-state index in [2.05, 4.69) is 33.7 Å². The van der Waals surface area contributed by atoms with Crippen LogP contribution in [0.1, 0.15) is 43.2 Å². The van der Waals surface area contributed by atoms with Gasteiger partial charge in [0.05, 0.1) is 35.0 Å². The summed E-state index contributed by atoms with van der Waals surface area (Å²) in [6.07, 6.45) is 6.02. The Hall–Kier alpha value is -4.08. The minimum Gasteiger partial charge on any atom is -0.497 e. The lowest BCUT2D eigenvalue weighted by atomic mass is 9.62. The van der Waals surface area contributed by atoms with Crippen LogP contribution in [0.5, 0.6) is 5.75 Å². The van der Waals surface area contributed by atoms with E-state index in [0.29, 0.717) is 33.1 Å². The summed E-state index contributed by atoms with van der Waals surface area (Å²) in [4.78, 5) is 27.8. The van der Waals surface area contributed by atoms with Crippen molar-refractivity contribution >= 4 is 40.7 Å². The third-order valence-electron chi connectivity index (χ3n) is 8.63. The van der Waals surface area contributed by atoms with Gasteiger partial charge in [-0.05, 0) is 49.1 Å². The highest BCUT2D eigenvalue weighted by Crippen LogP contribution is 2.49. The molecule has 3 aromatic carbocycles. The van der Waals surface area contributed by atoms with Crippen LogP contribution in [-0.2, 0) is 16.6 Å². The molecule has 1 saturated carbocycles. The van der Waals surface area contributed by atoms with Gasteiger partial charge in [0.1, 0.15) is 5.75 Å². The highest BCUT2D eigenvalue weighted by molar-refractivity contribution is 7.99. The van der Waals surface area contributed by atoms with Crippen LogP contribution >= 0.6 is 23.4 Å². The molecule has 7 rings (SSSR count). The molecule has 1 amide bonds. The molecule has 2 aliphatic carbocycles. The Morgan fingerprint density at radius 1 is 1.02 bits per heavy atom. The predicted octanol–water partition coefficient (Wildman–Crippen LogP) is 6.70. The smallest absolute Gasteiger partial charge is 0.263 e. The quantitative estimate of drug-likeness (QED) is 0.215. The van der Waals surface area contributed by atoms with Gasteiger partial charge in [-0.1, -0.05) is 85.1 Å². The average Bonchev–Trinajstić information content (AvgIpc) is 3.45. The van der Waals surface area contributed by atoms with Crippen molar-refractivity contribution in [2.24, 2.45) is 0 Å². The Morgan fingerprint density at radius 3 is 2.63 bits per heavy atom. The molecule has 0 aliphatic heterocycles. The number of carbonyl (C=O) groups is 1. The normalized spacial score (nSPS) is 15.2. The maximum Gasteiger partial charge on any atom is 0.263 e. The van der Waals surface area contributed by atoms with Crippen molar-refractivity contribution in [2.75, 3.05) is 18.2 Å². The molecular weight excluding hydrogens is 582 g/mol. The van der Waals surface area contributed by atoms with E-state index in [4.69, 9.17) is 16.3 Å². The van der Waals surface area contributed by atoms with Gasteiger partial charge in [-0.15, -0.1) is 10.2 Å². The number of thioether (sulfide) groups is 1. The Labute approximate surface area is 258 Å². The van der Waals surface area contributed by atoms with Gasteiger partial charge in [0.15, 0.2) is 5.16 Å². The van der Waals surface area contributed by atoms with Crippen molar-refractivity contribution in [3.8, 4) is 22.7 Å². The van der Waals surface area contributed by atoms with E-state index in [1.54, 1.807) is 23.8 Å². The zero-order valence-corrected chi connectivity index (χ0v) is 25.3. The second-order valence-corrected chi connectivity index (χ2v) is 12.5. The van der Waals surface area contributed by atoms with Crippen LogP contribution in [0.25, 0.3) is 22.7 Å². The van der Waals surface area contributed by atoms with Gasteiger partial charge < -0.3 is 10.1 Å². The first-order valence-corrected chi connectivity index (χ1v) is 15.8. The highest BCUT2D eigenvalue weighted by Gasteiger charge is 2.44. The number of para-hydroxylation sites is 1. The molecule has 1 spiro atoms. The number of halogens is 1. The minimum atomic E-state index is -0.290. The Morgan fingerprint density at radius 2 is 1.81 bits per heavy atom. The number of fused-ring (bicyclic) bond motifs is 6. The van der Waals surface area contributed by atoms with Crippen molar-refractivity contribution in [2.45, 2.75) is 49.1 Å². The van der Waals surface area contributed by atoms with Crippen LogP contribution in [-0.4, -0.2) is 37.9 Å². The third-order valence-corrected chi connectivity index (χ3v) is 9.89. The van der Waals surface area contributed by atoms with Gasteiger partial charge in [0.2, 0.25) is 11.7 Å². The van der Waals surface area contributed by atoms with Gasteiger partial charge in [-0.25, -0.2) is 4.57 Å². The number of hydrogen-bond acceptors (Lipinski definition) is 6.